The van der Waals surface area contributed by atoms with E-state index in [1.807, 2.05) is 0 Å². The molecule has 0 atom stereocenters. The summed E-state index contributed by atoms with van der Waals surface area (Å²) in [6.07, 6.45) is 13.0. The van der Waals surface area contributed by atoms with Crippen LogP contribution in [0.25, 0.3) is 5.83 Å². The molecule has 2 aliphatic rings. The van der Waals surface area contributed by atoms with Gasteiger partial charge < -0.3 is 9.26 Å². The smallest absolute Gasteiger partial charge is 0.286 e. The van der Waals surface area contributed by atoms with Crippen molar-refractivity contribution in [3.8, 4) is 0 Å². The SMILES string of the molecule is COC1CCC(Cc2noc(/C(F)=C/C3CCCCC3)n2)CC1. The van der Waals surface area contributed by atoms with Gasteiger partial charge in [-0.1, -0.05) is 24.4 Å². The molecule has 4 nitrogen and oxygen atoms in total. The van der Waals surface area contributed by atoms with E-state index >= 15 is 0 Å². The maximum Gasteiger partial charge on any atom is 0.286 e. The number of aromatic nitrogens is 2. The average molecular weight is 322 g/mol. The Hall–Kier alpha value is -1.23. The molecule has 1 aromatic rings. The second-order valence-electron chi connectivity index (χ2n) is 7.01. The first-order chi connectivity index (χ1) is 11.2. The topological polar surface area (TPSA) is 48.2 Å². The average Bonchev–Trinajstić information content (AvgIpc) is 3.05. The van der Waals surface area contributed by atoms with Crippen LogP contribution in [0.2, 0.25) is 0 Å². The minimum absolute atomic E-state index is 0.0520. The lowest BCUT2D eigenvalue weighted by Crippen LogP contribution is -2.21. The third-order valence-electron chi connectivity index (χ3n) is 5.30. The fourth-order valence-electron chi connectivity index (χ4n) is 3.84. The summed E-state index contributed by atoms with van der Waals surface area (Å²) in [5, 5.41) is 3.97. The molecule has 0 radical (unpaired) electrons. The second-order valence-corrected chi connectivity index (χ2v) is 7.01. The Bertz CT molecular complexity index is 515. The first-order valence-corrected chi connectivity index (χ1v) is 8.97. The van der Waals surface area contributed by atoms with Gasteiger partial charge >= 0.3 is 0 Å². The Kier molecular flexibility index (Phi) is 5.81. The lowest BCUT2D eigenvalue weighted by atomic mass is 9.85. The molecule has 0 N–H and O–H groups in total. The molecule has 2 fully saturated rings. The van der Waals surface area contributed by atoms with Crippen molar-refractivity contribution >= 4 is 5.83 Å². The van der Waals surface area contributed by atoms with Gasteiger partial charge in [0.15, 0.2) is 11.7 Å². The van der Waals surface area contributed by atoms with Crippen molar-refractivity contribution in [2.24, 2.45) is 11.8 Å². The molecule has 1 heterocycles. The maximum absolute atomic E-state index is 14.3. The van der Waals surface area contributed by atoms with E-state index in [0.29, 0.717) is 23.8 Å². The molecule has 0 aromatic carbocycles. The van der Waals surface area contributed by atoms with Crippen LogP contribution in [0.5, 0.6) is 0 Å². The zero-order valence-corrected chi connectivity index (χ0v) is 14.0. The molecule has 0 amide bonds. The summed E-state index contributed by atoms with van der Waals surface area (Å²) in [6.45, 7) is 0. The van der Waals surface area contributed by atoms with Gasteiger partial charge in [0.25, 0.3) is 5.89 Å². The van der Waals surface area contributed by atoms with E-state index in [9.17, 15) is 4.39 Å². The van der Waals surface area contributed by atoms with Gasteiger partial charge in [-0.25, -0.2) is 4.39 Å². The molecule has 0 saturated heterocycles. The maximum atomic E-state index is 14.3. The van der Waals surface area contributed by atoms with Crippen molar-refractivity contribution in [2.45, 2.75) is 70.3 Å². The van der Waals surface area contributed by atoms with Gasteiger partial charge in [0, 0.05) is 13.5 Å². The van der Waals surface area contributed by atoms with E-state index in [-0.39, 0.29) is 11.7 Å². The normalized spacial score (nSPS) is 27.3. The van der Waals surface area contributed by atoms with Crippen LogP contribution in [-0.2, 0) is 11.2 Å². The highest BCUT2D eigenvalue weighted by Gasteiger charge is 2.23. The number of hydrogen-bond donors (Lipinski definition) is 0. The number of allylic oxidation sites excluding steroid dienone is 1. The Morgan fingerprint density at radius 2 is 1.91 bits per heavy atom. The van der Waals surface area contributed by atoms with Gasteiger partial charge in [-0.05, 0) is 56.4 Å². The van der Waals surface area contributed by atoms with E-state index in [4.69, 9.17) is 9.26 Å². The van der Waals surface area contributed by atoms with Crippen LogP contribution in [0.15, 0.2) is 10.6 Å². The molecule has 2 saturated carbocycles. The monoisotopic (exact) mass is 322 g/mol. The fraction of sp³-hybridized carbons (Fsp3) is 0.778. The van der Waals surface area contributed by atoms with Crippen molar-refractivity contribution in [3.63, 3.8) is 0 Å². The van der Waals surface area contributed by atoms with E-state index in [1.54, 1.807) is 13.2 Å². The number of hydrogen-bond acceptors (Lipinski definition) is 4. The van der Waals surface area contributed by atoms with Crippen LogP contribution in [0.1, 0.15) is 69.5 Å². The molecule has 23 heavy (non-hydrogen) atoms. The molecular formula is C18H27FN2O2. The summed E-state index contributed by atoms with van der Waals surface area (Å²) in [7, 11) is 1.78. The third kappa shape index (κ3) is 4.63. The summed E-state index contributed by atoms with van der Waals surface area (Å²) in [5.74, 6) is 1.21. The number of rotatable bonds is 5. The van der Waals surface area contributed by atoms with E-state index < -0.39 is 0 Å². The summed E-state index contributed by atoms with van der Waals surface area (Å²) >= 11 is 0. The van der Waals surface area contributed by atoms with Crippen LogP contribution >= 0.6 is 0 Å². The molecule has 0 aliphatic heterocycles. The number of methoxy groups -OCH3 is 1. The van der Waals surface area contributed by atoms with Gasteiger partial charge in [-0.3, -0.25) is 0 Å². The van der Waals surface area contributed by atoms with Crippen molar-refractivity contribution in [2.75, 3.05) is 7.11 Å². The van der Waals surface area contributed by atoms with Gasteiger partial charge in [-0.2, -0.15) is 4.98 Å². The van der Waals surface area contributed by atoms with E-state index in [2.05, 4.69) is 10.1 Å². The Labute approximate surface area is 137 Å². The van der Waals surface area contributed by atoms with Gasteiger partial charge in [0.1, 0.15) is 0 Å². The van der Waals surface area contributed by atoms with Gasteiger partial charge in [0.2, 0.25) is 0 Å². The molecule has 0 unspecified atom stereocenters. The highest BCUT2D eigenvalue weighted by Crippen LogP contribution is 2.30. The summed E-state index contributed by atoms with van der Waals surface area (Å²) in [4.78, 5) is 4.26. The Morgan fingerprint density at radius 3 is 2.61 bits per heavy atom. The largest absolute Gasteiger partial charge is 0.381 e. The zero-order chi connectivity index (χ0) is 16.1. The lowest BCUT2D eigenvalue weighted by molar-refractivity contribution is 0.0565. The summed E-state index contributed by atoms with van der Waals surface area (Å²) < 4.78 is 24.8. The minimum atomic E-state index is -0.348. The highest BCUT2D eigenvalue weighted by molar-refractivity contribution is 5.50. The summed E-state index contributed by atoms with van der Waals surface area (Å²) in [6, 6.07) is 0. The predicted octanol–water partition coefficient (Wildman–Crippen LogP) is 4.71. The molecular weight excluding hydrogens is 295 g/mol. The fourth-order valence-corrected chi connectivity index (χ4v) is 3.84. The van der Waals surface area contributed by atoms with Crippen LogP contribution in [0.3, 0.4) is 0 Å². The van der Waals surface area contributed by atoms with Crippen molar-refractivity contribution < 1.29 is 13.7 Å². The molecule has 2 aliphatic carbocycles. The quantitative estimate of drug-likeness (QED) is 0.788. The number of halogens is 1. The van der Waals surface area contributed by atoms with Crippen molar-refractivity contribution in [1.82, 2.24) is 10.1 Å². The second kappa shape index (κ2) is 8.04. The van der Waals surface area contributed by atoms with Gasteiger partial charge in [-0.15, -0.1) is 0 Å². The van der Waals surface area contributed by atoms with Gasteiger partial charge in [0.05, 0.1) is 6.10 Å². The Balaban J connectivity index is 1.54. The highest BCUT2D eigenvalue weighted by atomic mass is 19.1. The van der Waals surface area contributed by atoms with Crippen molar-refractivity contribution in [1.29, 1.82) is 0 Å². The predicted molar refractivity (Wildman–Crippen MR) is 86.4 cm³/mol. The first kappa shape index (κ1) is 16.6. The van der Waals surface area contributed by atoms with E-state index in [1.165, 1.54) is 19.3 Å². The van der Waals surface area contributed by atoms with Crippen LogP contribution in [0, 0.1) is 11.8 Å². The minimum Gasteiger partial charge on any atom is -0.381 e. The standard InChI is InChI=1S/C18H27FN2O2/c1-22-15-9-7-14(8-10-15)12-17-20-18(23-21-17)16(19)11-13-5-3-2-4-6-13/h11,13-15H,2-10,12H2,1H3/b16-11-. The Morgan fingerprint density at radius 1 is 1.17 bits per heavy atom. The number of nitrogens with zero attached hydrogens (tertiary/aromatic N) is 2. The van der Waals surface area contributed by atoms with Crippen molar-refractivity contribution in [3.05, 3.63) is 17.8 Å². The molecule has 3 rings (SSSR count). The molecule has 0 bridgehead atoms. The molecule has 1 aromatic heterocycles. The molecule has 0 spiro atoms. The molecule has 128 valence electrons. The first-order valence-electron chi connectivity index (χ1n) is 8.97. The van der Waals surface area contributed by atoms with Crippen LogP contribution in [0.4, 0.5) is 4.39 Å². The van der Waals surface area contributed by atoms with E-state index in [0.717, 1.165) is 44.9 Å². The summed E-state index contributed by atoms with van der Waals surface area (Å²) in [5.41, 5.74) is 0. The van der Waals surface area contributed by atoms with Crippen LogP contribution < -0.4 is 0 Å². The lowest BCUT2D eigenvalue weighted by Gasteiger charge is -2.26. The number of ether oxygens (including phenoxy) is 1. The molecule has 5 heteroatoms. The zero-order valence-electron chi connectivity index (χ0n) is 14.0. The third-order valence-corrected chi connectivity index (χ3v) is 5.30. The van der Waals surface area contributed by atoms with Crippen LogP contribution in [-0.4, -0.2) is 23.4 Å².